The van der Waals surface area contributed by atoms with E-state index in [0.717, 1.165) is 0 Å². The second-order valence-electron chi connectivity index (χ2n) is 5.77. The van der Waals surface area contributed by atoms with Crippen LogP contribution in [0.4, 0.5) is 0 Å². The van der Waals surface area contributed by atoms with E-state index in [2.05, 4.69) is 9.93 Å². The van der Waals surface area contributed by atoms with Gasteiger partial charge in [0.25, 0.3) is 10.0 Å². The Kier molecular flexibility index (Phi) is 6.53. The van der Waals surface area contributed by atoms with Gasteiger partial charge in [-0.3, -0.25) is 0 Å². The number of hydrogen-bond donors (Lipinski definition) is 1. The molecule has 0 saturated heterocycles. The number of halogens is 2. The maximum atomic E-state index is 12.1. The minimum Gasteiger partial charge on any atom is -0.423 e. The van der Waals surface area contributed by atoms with Crippen molar-refractivity contribution in [2.45, 2.75) is 4.90 Å². The number of nitrogens with one attached hydrogen (secondary N) is 1. The third-order valence-electron chi connectivity index (χ3n) is 3.68. The first kappa shape index (κ1) is 20.9. The van der Waals surface area contributed by atoms with Crippen molar-refractivity contribution in [3.8, 4) is 5.75 Å². The fraction of sp³-hybridized carbons (Fsp3) is 0. The second kappa shape index (κ2) is 9.09. The molecule has 0 aromatic heterocycles. The Morgan fingerprint density at radius 3 is 2.00 bits per heavy atom. The Balaban J connectivity index is 1.60. The standard InChI is InChI=1S/C20H14Cl2N2O4S/c21-16-5-3-15(4-6-16)20(25)28-18-9-1-14(2-10-18)13-23-24-29(26,27)19-11-7-17(22)8-12-19/h1-13,24H/b23-13+. The maximum absolute atomic E-state index is 12.1. The molecule has 3 aromatic rings. The quantitative estimate of drug-likeness (QED) is 0.260. The highest BCUT2D eigenvalue weighted by atomic mass is 35.5. The SMILES string of the molecule is O=C(Oc1ccc(/C=N/NS(=O)(=O)c2ccc(Cl)cc2)cc1)c1ccc(Cl)cc1. The van der Waals surface area contributed by atoms with E-state index < -0.39 is 16.0 Å². The molecule has 29 heavy (non-hydrogen) atoms. The zero-order valence-electron chi connectivity index (χ0n) is 14.7. The van der Waals surface area contributed by atoms with Gasteiger partial charge >= 0.3 is 5.97 Å². The van der Waals surface area contributed by atoms with Crippen molar-refractivity contribution in [3.05, 3.63) is 94.0 Å². The molecule has 0 aliphatic rings. The van der Waals surface area contributed by atoms with Gasteiger partial charge < -0.3 is 4.74 Å². The van der Waals surface area contributed by atoms with Gasteiger partial charge in [-0.15, -0.1) is 0 Å². The average Bonchev–Trinajstić information content (AvgIpc) is 2.70. The van der Waals surface area contributed by atoms with Gasteiger partial charge in [0.05, 0.1) is 16.7 Å². The first-order chi connectivity index (χ1) is 13.8. The smallest absolute Gasteiger partial charge is 0.343 e. The molecule has 0 bridgehead atoms. The molecule has 0 spiro atoms. The van der Waals surface area contributed by atoms with Crippen LogP contribution < -0.4 is 9.57 Å². The summed E-state index contributed by atoms with van der Waals surface area (Å²) in [6, 6.07) is 18.4. The third-order valence-corrected chi connectivity index (χ3v) is 5.42. The number of nitrogens with zero attached hydrogens (tertiary/aromatic N) is 1. The molecule has 0 amide bonds. The molecule has 3 rings (SSSR count). The number of ether oxygens (including phenoxy) is 1. The van der Waals surface area contributed by atoms with E-state index in [-0.39, 0.29) is 4.90 Å². The van der Waals surface area contributed by atoms with Crippen LogP contribution in [-0.2, 0) is 10.0 Å². The lowest BCUT2D eigenvalue weighted by atomic mass is 10.2. The lowest BCUT2D eigenvalue weighted by Gasteiger charge is -2.05. The van der Waals surface area contributed by atoms with Crippen molar-refractivity contribution < 1.29 is 17.9 Å². The van der Waals surface area contributed by atoms with E-state index >= 15 is 0 Å². The number of esters is 1. The number of carbonyl (C=O) groups is 1. The Morgan fingerprint density at radius 2 is 1.41 bits per heavy atom. The van der Waals surface area contributed by atoms with Gasteiger partial charge in [0, 0.05) is 10.0 Å². The summed E-state index contributed by atoms with van der Waals surface area (Å²) in [4.78, 5) is 14.2. The van der Waals surface area contributed by atoms with E-state index in [1.165, 1.54) is 30.5 Å². The van der Waals surface area contributed by atoms with Gasteiger partial charge in [0.1, 0.15) is 5.75 Å². The van der Waals surface area contributed by atoms with Crippen molar-refractivity contribution in [1.82, 2.24) is 4.83 Å². The summed E-state index contributed by atoms with van der Waals surface area (Å²) in [5.41, 5.74) is 0.978. The molecule has 0 fully saturated rings. The molecule has 0 atom stereocenters. The lowest BCUT2D eigenvalue weighted by molar-refractivity contribution is 0.0734. The van der Waals surface area contributed by atoms with Crippen molar-refractivity contribution in [3.63, 3.8) is 0 Å². The molecule has 6 nitrogen and oxygen atoms in total. The molecule has 0 aliphatic carbocycles. The van der Waals surface area contributed by atoms with Crippen LogP contribution in [0.2, 0.25) is 10.0 Å². The van der Waals surface area contributed by atoms with Crippen LogP contribution in [0.3, 0.4) is 0 Å². The van der Waals surface area contributed by atoms with Crippen molar-refractivity contribution in [1.29, 1.82) is 0 Å². The zero-order valence-corrected chi connectivity index (χ0v) is 17.1. The number of benzene rings is 3. The van der Waals surface area contributed by atoms with Gasteiger partial charge in [0.15, 0.2) is 0 Å². The van der Waals surface area contributed by atoms with Crippen LogP contribution in [0.15, 0.2) is 82.8 Å². The van der Waals surface area contributed by atoms with Gasteiger partial charge in [-0.25, -0.2) is 9.63 Å². The topological polar surface area (TPSA) is 84.8 Å². The Hall–Kier alpha value is -2.87. The lowest BCUT2D eigenvalue weighted by Crippen LogP contribution is -2.18. The molecule has 3 aromatic carbocycles. The summed E-state index contributed by atoms with van der Waals surface area (Å²) in [5, 5.41) is 4.70. The van der Waals surface area contributed by atoms with E-state index in [1.54, 1.807) is 48.5 Å². The third kappa shape index (κ3) is 5.80. The largest absolute Gasteiger partial charge is 0.423 e. The fourth-order valence-electron chi connectivity index (χ4n) is 2.21. The van der Waals surface area contributed by atoms with E-state index in [9.17, 15) is 13.2 Å². The molecule has 9 heteroatoms. The summed E-state index contributed by atoms with van der Waals surface area (Å²) >= 11 is 11.5. The number of hydrazone groups is 1. The molecule has 148 valence electrons. The first-order valence-electron chi connectivity index (χ1n) is 8.22. The predicted molar refractivity (Wildman–Crippen MR) is 112 cm³/mol. The monoisotopic (exact) mass is 448 g/mol. The summed E-state index contributed by atoms with van der Waals surface area (Å²) in [5.74, 6) is -0.178. The van der Waals surface area contributed by atoms with E-state index in [4.69, 9.17) is 27.9 Å². The molecule has 1 N–H and O–H groups in total. The van der Waals surface area contributed by atoms with Crippen LogP contribution in [0.1, 0.15) is 15.9 Å². The van der Waals surface area contributed by atoms with Crippen molar-refractivity contribution in [2.24, 2.45) is 5.10 Å². The minimum absolute atomic E-state index is 0.0449. The highest BCUT2D eigenvalue weighted by Gasteiger charge is 2.12. The Bertz CT molecular complexity index is 1130. The first-order valence-corrected chi connectivity index (χ1v) is 10.5. The van der Waals surface area contributed by atoms with Crippen molar-refractivity contribution in [2.75, 3.05) is 0 Å². The molecular weight excluding hydrogens is 435 g/mol. The Morgan fingerprint density at radius 1 is 0.862 bits per heavy atom. The number of sulfonamides is 1. The molecule has 0 aliphatic heterocycles. The van der Waals surface area contributed by atoms with Crippen LogP contribution in [0.5, 0.6) is 5.75 Å². The predicted octanol–water partition coefficient (Wildman–Crippen LogP) is 4.53. The second-order valence-corrected chi connectivity index (χ2v) is 8.31. The summed E-state index contributed by atoms with van der Waals surface area (Å²) < 4.78 is 29.5. The maximum Gasteiger partial charge on any atom is 0.343 e. The molecule has 0 saturated carbocycles. The number of rotatable bonds is 6. The van der Waals surface area contributed by atoms with Crippen LogP contribution in [0, 0.1) is 0 Å². The van der Waals surface area contributed by atoms with Crippen LogP contribution >= 0.6 is 23.2 Å². The fourth-order valence-corrected chi connectivity index (χ4v) is 3.25. The summed E-state index contributed by atoms with van der Waals surface area (Å²) in [6.45, 7) is 0. The van der Waals surface area contributed by atoms with Gasteiger partial charge in [0.2, 0.25) is 0 Å². The van der Waals surface area contributed by atoms with Crippen LogP contribution in [-0.4, -0.2) is 20.6 Å². The van der Waals surface area contributed by atoms with E-state index in [1.807, 2.05) is 0 Å². The van der Waals surface area contributed by atoms with Crippen molar-refractivity contribution >= 4 is 45.4 Å². The molecule has 0 heterocycles. The number of hydrogen-bond acceptors (Lipinski definition) is 5. The average molecular weight is 449 g/mol. The summed E-state index contributed by atoms with van der Waals surface area (Å²) in [7, 11) is -3.79. The highest BCUT2D eigenvalue weighted by molar-refractivity contribution is 7.89. The minimum atomic E-state index is -3.79. The molecule has 0 unspecified atom stereocenters. The zero-order chi connectivity index (χ0) is 20.9. The highest BCUT2D eigenvalue weighted by Crippen LogP contribution is 2.16. The summed E-state index contributed by atoms with van der Waals surface area (Å²) in [6.07, 6.45) is 1.33. The van der Waals surface area contributed by atoms with Gasteiger partial charge in [-0.1, -0.05) is 23.2 Å². The molecule has 0 radical (unpaired) electrons. The van der Waals surface area contributed by atoms with Gasteiger partial charge in [-0.05, 0) is 78.4 Å². The van der Waals surface area contributed by atoms with Crippen LogP contribution in [0.25, 0.3) is 0 Å². The Labute approximate surface area is 177 Å². The van der Waals surface area contributed by atoms with E-state index in [0.29, 0.717) is 26.9 Å². The van der Waals surface area contributed by atoms with Gasteiger partial charge in [-0.2, -0.15) is 13.5 Å². The normalized spacial score (nSPS) is 11.4. The molecular formula is C20H14Cl2N2O4S. The number of carbonyl (C=O) groups excluding carboxylic acids is 1.